The van der Waals surface area contributed by atoms with E-state index in [0.717, 1.165) is 31.3 Å². The minimum atomic E-state index is 0.736. The van der Waals surface area contributed by atoms with Crippen LogP contribution in [-0.4, -0.2) is 53.9 Å². The quantitative estimate of drug-likeness (QED) is 0.611. The summed E-state index contributed by atoms with van der Waals surface area (Å²) in [5.74, 6) is 0.850. The summed E-state index contributed by atoms with van der Waals surface area (Å²) in [6.45, 7) is 5.24. The molecule has 112 valence electrons. The first-order chi connectivity index (χ1) is 9.79. The Morgan fingerprint density at radius 2 is 2.10 bits per heavy atom. The Kier molecular flexibility index (Phi) is 5.86. The van der Waals surface area contributed by atoms with Crippen molar-refractivity contribution < 1.29 is 0 Å². The van der Waals surface area contributed by atoms with Crippen LogP contribution < -0.4 is 10.6 Å². The highest BCUT2D eigenvalue weighted by Gasteiger charge is 2.09. The summed E-state index contributed by atoms with van der Waals surface area (Å²) < 4.78 is 1.87. The van der Waals surface area contributed by atoms with Gasteiger partial charge >= 0.3 is 0 Å². The van der Waals surface area contributed by atoms with Gasteiger partial charge < -0.3 is 15.5 Å². The third-order valence-electron chi connectivity index (χ3n) is 3.75. The molecule has 1 saturated heterocycles. The minimum absolute atomic E-state index is 0.736. The number of hydrogen-bond donors (Lipinski definition) is 2. The average Bonchev–Trinajstić information content (AvgIpc) is 2.89. The van der Waals surface area contributed by atoms with Crippen LogP contribution in [0.25, 0.3) is 0 Å². The van der Waals surface area contributed by atoms with Gasteiger partial charge in [-0.05, 0) is 32.0 Å². The molecule has 1 aliphatic heterocycles. The Hall–Kier alpha value is -1.56. The van der Waals surface area contributed by atoms with Gasteiger partial charge in [-0.1, -0.05) is 6.42 Å². The van der Waals surface area contributed by atoms with E-state index in [0.29, 0.717) is 0 Å². The van der Waals surface area contributed by atoms with E-state index in [4.69, 9.17) is 0 Å². The van der Waals surface area contributed by atoms with Gasteiger partial charge in [-0.25, -0.2) is 0 Å². The fourth-order valence-electron chi connectivity index (χ4n) is 2.49. The van der Waals surface area contributed by atoms with Gasteiger partial charge in [-0.15, -0.1) is 0 Å². The summed E-state index contributed by atoms with van der Waals surface area (Å²) in [5.41, 5.74) is 1.14. The molecule has 0 atom stereocenters. The van der Waals surface area contributed by atoms with Crippen molar-refractivity contribution in [2.45, 2.75) is 25.8 Å². The summed E-state index contributed by atoms with van der Waals surface area (Å²) in [4.78, 5) is 6.76. The summed E-state index contributed by atoms with van der Waals surface area (Å²) in [5, 5.41) is 10.8. The maximum Gasteiger partial charge on any atom is 0.191 e. The molecule has 6 heteroatoms. The Balaban J connectivity index is 1.66. The van der Waals surface area contributed by atoms with Crippen molar-refractivity contribution in [3.05, 3.63) is 18.0 Å². The standard InChI is InChI=1S/C14H26N6/c1-15-14(17-12-13-6-7-18-19(13)2)16-8-11-20-9-4-3-5-10-20/h6-7H,3-5,8-12H2,1-2H3,(H2,15,16,17). The van der Waals surface area contributed by atoms with E-state index in [9.17, 15) is 0 Å². The van der Waals surface area contributed by atoms with Gasteiger partial charge in [-0.2, -0.15) is 5.10 Å². The lowest BCUT2D eigenvalue weighted by molar-refractivity contribution is 0.232. The lowest BCUT2D eigenvalue weighted by atomic mass is 10.1. The molecule has 2 heterocycles. The lowest BCUT2D eigenvalue weighted by Crippen LogP contribution is -2.42. The van der Waals surface area contributed by atoms with Crippen LogP contribution in [-0.2, 0) is 13.6 Å². The van der Waals surface area contributed by atoms with E-state index in [-0.39, 0.29) is 0 Å². The maximum absolute atomic E-state index is 4.25. The van der Waals surface area contributed by atoms with E-state index < -0.39 is 0 Å². The van der Waals surface area contributed by atoms with Crippen molar-refractivity contribution in [2.24, 2.45) is 12.0 Å². The molecule has 1 aliphatic rings. The molecule has 0 amide bonds. The van der Waals surface area contributed by atoms with Crippen LogP contribution in [0.4, 0.5) is 0 Å². The molecule has 0 saturated carbocycles. The van der Waals surface area contributed by atoms with Crippen molar-refractivity contribution in [1.29, 1.82) is 0 Å². The first kappa shape index (κ1) is 14.8. The van der Waals surface area contributed by atoms with E-state index in [1.807, 2.05) is 24.0 Å². The molecule has 0 spiro atoms. The fraction of sp³-hybridized carbons (Fsp3) is 0.714. The molecule has 0 bridgehead atoms. The van der Waals surface area contributed by atoms with Crippen LogP contribution in [0.1, 0.15) is 25.0 Å². The van der Waals surface area contributed by atoms with E-state index in [1.54, 1.807) is 7.05 Å². The van der Waals surface area contributed by atoms with Crippen molar-refractivity contribution in [2.75, 3.05) is 33.2 Å². The minimum Gasteiger partial charge on any atom is -0.355 e. The van der Waals surface area contributed by atoms with Gasteiger partial charge in [0.15, 0.2) is 5.96 Å². The SMILES string of the molecule is CN=C(NCCN1CCCCC1)NCc1ccnn1C. The number of nitrogens with zero attached hydrogens (tertiary/aromatic N) is 4. The predicted molar refractivity (Wildman–Crippen MR) is 81.7 cm³/mol. The Morgan fingerprint density at radius 1 is 1.30 bits per heavy atom. The largest absolute Gasteiger partial charge is 0.355 e. The molecule has 1 aromatic heterocycles. The highest BCUT2D eigenvalue weighted by atomic mass is 15.3. The highest BCUT2D eigenvalue weighted by molar-refractivity contribution is 5.79. The third-order valence-corrected chi connectivity index (χ3v) is 3.75. The molecule has 2 N–H and O–H groups in total. The highest BCUT2D eigenvalue weighted by Crippen LogP contribution is 2.07. The van der Waals surface area contributed by atoms with E-state index >= 15 is 0 Å². The molecule has 0 radical (unpaired) electrons. The monoisotopic (exact) mass is 278 g/mol. The number of piperidine rings is 1. The zero-order chi connectivity index (χ0) is 14.2. The van der Waals surface area contributed by atoms with Crippen LogP contribution >= 0.6 is 0 Å². The van der Waals surface area contributed by atoms with Gasteiger partial charge in [0, 0.05) is 33.4 Å². The van der Waals surface area contributed by atoms with Crippen molar-refractivity contribution in [3.63, 3.8) is 0 Å². The molecule has 20 heavy (non-hydrogen) atoms. The number of nitrogens with one attached hydrogen (secondary N) is 2. The second kappa shape index (κ2) is 7.89. The van der Waals surface area contributed by atoms with Gasteiger partial charge in [0.25, 0.3) is 0 Å². The maximum atomic E-state index is 4.25. The van der Waals surface area contributed by atoms with Gasteiger partial charge in [-0.3, -0.25) is 9.67 Å². The Bertz CT molecular complexity index is 419. The molecule has 1 fully saturated rings. The molecular weight excluding hydrogens is 252 g/mol. The van der Waals surface area contributed by atoms with Crippen LogP contribution in [0.3, 0.4) is 0 Å². The molecule has 2 rings (SSSR count). The zero-order valence-corrected chi connectivity index (χ0v) is 12.6. The topological polar surface area (TPSA) is 57.5 Å². The number of likely N-dealkylation sites (tertiary alicyclic amines) is 1. The summed E-state index contributed by atoms with van der Waals surface area (Å²) >= 11 is 0. The first-order valence-corrected chi connectivity index (χ1v) is 7.43. The number of guanidine groups is 1. The second-order valence-electron chi connectivity index (χ2n) is 5.20. The van der Waals surface area contributed by atoms with Crippen molar-refractivity contribution >= 4 is 5.96 Å². The summed E-state index contributed by atoms with van der Waals surface area (Å²) in [6.07, 6.45) is 5.88. The first-order valence-electron chi connectivity index (χ1n) is 7.43. The van der Waals surface area contributed by atoms with Crippen LogP contribution in [0.15, 0.2) is 17.3 Å². The summed E-state index contributed by atoms with van der Waals surface area (Å²) in [6, 6.07) is 2.01. The summed E-state index contributed by atoms with van der Waals surface area (Å²) in [7, 11) is 3.75. The molecule has 0 unspecified atom stereocenters. The van der Waals surface area contributed by atoms with Crippen LogP contribution in [0, 0.1) is 0 Å². The Labute approximate surface area is 121 Å². The fourth-order valence-corrected chi connectivity index (χ4v) is 2.49. The van der Waals surface area contributed by atoms with E-state index in [2.05, 4.69) is 25.6 Å². The van der Waals surface area contributed by atoms with Gasteiger partial charge in [0.2, 0.25) is 0 Å². The molecule has 0 aliphatic carbocycles. The molecular formula is C14H26N6. The Morgan fingerprint density at radius 3 is 2.75 bits per heavy atom. The lowest BCUT2D eigenvalue weighted by Gasteiger charge is -2.26. The van der Waals surface area contributed by atoms with Gasteiger partial charge in [0.1, 0.15) is 0 Å². The average molecular weight is 278 g/mol. The molecule has 1 aromatic rings. The normalized spacial score (nSPS) is 17.2. The second-order valence-corrected chi connectivity index (χ2v) is 5.20. The van der Waals surface area contributed by atoms with Crippen LogP contribution in [0.5, 0.6) is 0 Å². The van der Waals surface area contributed by atoms with Gasteiger partial charge in [0.05, 0.1) is 12.2 Å². The number of aliphatic imine (C=N–C) groups is 1. The predicted octanol–water partition coefficient (Wildman–Crippen LogP) is 0.571. The van der Waals surface area contributed by atoms with Crippen molar-refractivity contribution in [1.82, 2.24) is 25.3 Å². The number of hydrogen-bond acceptors (Lipinski definition) is 3. The number of aryl methyl sites for hydroxylation is 1. The molecule has 6 nitrogen and oxygen atoms in total. The zero-order valence-electron chi connectivity index (χ0n) is 12.6. The molecule has 0 aromatic carbocycles. The van der Waals surface area contributed by atoms with Crippen molar-refractivity contribution in [3.8, 4) is 0 Å². The third kappa shape index (κ3) is 4.52. The number of rotatable bonds is 5. The number of aromatic nitrogens is 2. The smallest absolute Gasteiger partial charge is 0.191 e. The van der Waals surface area contributed by atoms with Crippen LogP contribution in [0.2, 0.25) is 0 Å². The van der Waals surface area contributed by atoms with E-state index in [1.165, 1.54) is 32.4 Å².